The SMILES string of the molecule is CC(=O)NC1CNCC1(F)F. The van der Waals surface area contributed by atoms with Gasteiger partial charge in [-0.25, -0.2) is 8.78 Å². The minimum absolute atomic E-state index is 0.145. The molecule has 1 saturated heterocycles. The second-order valence-corrected chi connectivity index (χ2v) is 2.65. The molecule has 1 aliphatic heterocycles. The van der Waals surface area contributed by atoms with E-state index in [1.807, 2.05) is 0 Å². The predicted molar refractivity (Wildman–Crippen MR) is 35.4 cm³/mol. The van der Waals surface area contributed by atoms with E-state index in [1.54, 1.807) is 0 Å². The van der Waals surface area contributed by atoms with Crippen LogP contribution in [0, 0.1) is 0 Å². The lowest BCUT2D eigenvalue weighted by atomic mass is 10.2. The predicted octanol–water partition coefficient (Wildman–Crippen LogP) is -0.270. The first-order valence-electron chi connectivity index (χ1n) is 3.38. The fraction of sp³-hybridized carbons (Fsp3) is 0.833. The summed E-state index contributed by atoms with van der Waals surface area (Å²) in [4.78, 5) is 10.4. The molecule has 1 fully saturated rings. The Balaban J connectivity index is 2.51. The van der Waals surface area contributed by atoms with Gasteiger partial charge in [-0.1, -0.05) is 0 Å². The van der Waals surface area contributed by atoms with Crippen molar-refractivity contribution in [3.05, 3.63) is 0 Å². The van der Waals surface area contributed by atoms with Gasteiger partial charge in [0.1, 0.15) is 6.04 Å². The third-order valence-corrected chi connectivity index (χ3v) is 1.60. The minimum Gasteiger partial charge on any atom is -0.346 e. The molecule has 0 radical (unpaired) electrons. The maximum absolute atomic E-state index is 12.7. The van der Waals surface area contributed by atoms with Gasteiger partial charge in [-0.3, -0.25) is 4.79 Å². The van der Waals surface area contributed by atoms with Gasteiger partial charge < -0.3 is 10.6 Å². The van der Waals surface area contributed by atoms with Crippen molar-refractivity contribution in [3.8, 4) is 0 Å². The Morgan fingerprint density at radius 1 is 1.73 bits per heavy atom. The molecule has 0 bridgehead atoms. The Bertz CT molecular complexity index is 172. The third-order valence-electron chi connectivity index (χ3n) is 1.60. The number of alkyl halides is 2. The Morgan fingerprint density at radius 3 is 2.73 bits per heavy atom. The molecule has 0 aliphatic carbocycles. The monoisotopic (exact) mass is 164 g/mol. The van der Waals surface area contributed by atoms with Crippen LogP contribution in [0.1, 0.15) is 6.92 Å². The standard InChI is InChI=1S/C6H10F2N2O/c1-4(11)10-5-2-9-3-6(5,7)8/h5,9H,2-3H2,1H3,(H,10,11). The largest absolute Gasteiger partial charge is 0.346 e. The van der Waals surface area contributed by atoms with Gasteiger partial charge in [-0.15, -0.1) is 0 Å². The molecule has 1 amide bonds. The van der Waals surface area contributed by atoms with Gasteiger partial charge in [-0.05, 0) is 0 Å². The summed E-state index contributed by atoms with van der Waals surface area (Å²) in [5.41, 5.74) is 0. The van der Waals surface area contributed by atoms with Crippen molar-refractivity contribution in [2.24, 2.45) is 0 Å². The molecule has 0 aromatic rings. The van der Waals surface area contributed by atoms with E-state index in [0.29, 0.717) is 0 Å². The van der Waals surface area contributed by atoms with E-state index < -0.39 is 17.9 Å². The van der Waals surface area contributed by atoms with Crippen molar-refractivity contribution in [3.63, 3.8) is 0 Å². The van der Waals surface area contributed by atoms with Gasteiger partial charge in [0.25, 0.3) is 5.92 Å². The highest BCUT2D eigenvalue weighted by atomic mass is 19.3. The van der Waals surface area contributed by atoms with Crippen LogP contribution in [0.25, 0.3) is 0 Å². The summed E-state index contributed by atoms with van der Waals surface area (Å²) in [5, 5.41) is 4.68. The van der Waals surface area contributed by atoms with Crippen LogP contribution >= 0.6 is 0 Å². The van der Waals surface area contributed by atoms with Gasteiger partial charge >= 0.3 is 0 Å². The first-order chi connectivity index (χ1) is 5.02. The van der Waals surface area contributed by atoms with E-state index in [2.05, 4.69) is 10.6 Å². The molecule has 1 heterocycles. The van der Waals surface area contributed by atoms with Crippen molar-refractivity contribution in [1.82, 2.24) is 10.6 Å². The zero-order valence-corrected chi connectivity index (χ0v) is 6.16. The van der Waals surface area contributed by atoms with E-state index in [4.69, 9.17) is 0 Å². The van der Waals surface area contributed by atoms with Crippen molar-refractivity contribution in [2.45, 2.75) is 18.9 Å². The van der Waals surface area contributed by atoms with E-state index in [-0.39, 0.29) is 13.1 Å². The summed E-state index contributed by atoms with van der Waals surface area (Å²) in [5.74, 6) is -3.22. The highest BCUT2D eigenvalue weighted by molar-refractivity contribution is 5.73. The van der Waals surface area contributed by atoms with Gasteiger partial charge in [-0.2, -0.15) is 0 Å². The second-order valence-electron chi connectivity index (χ2n) is 2.65. The average Bonchev–Trinajstić information content (AvgIpc) is 2.10. The molecule has 11 heavy (non-hydrogen) atoms. The summed E-state index contributed by atoms with van der Waals surface area (Å²) in [7, 11) is 0. The van der Waals surface area contributed by atoms with Gasteiger partial charge in [0.05, 0.1) is 6.54 Å². The first kappa shape index (κ1) is 8.39. The number of nitrogens with one attached hydrogen (secondary N) is 2. The molecule has 0 saturated carbocycles. The number of hydrogen-bond acceptors (Lipinski definition) is 2. The highest BCUT2D eigenvalue weighted by Crippen LogP contribution is 2.21. The van der Waals surface area contributed by atoms with E-state index >= 15 is 0 Å². The lowest BCUT2D eigenvalue weighted by molar-refractivity contribution is -0.122. The van der Waals surface area contributed by atoms with E-state index in [1.165, 1.54) is 6.92 Å². The zero-order valence-electron chi connectivity index (χ0n) is 6.16. The maximum atomic E-state index is 12.7. The van der Waals surface area contributed by atoms with Crippen LogP contribution in [0.5, 0.6) is 0 Å². The van der Waals surface area contributed by atoms with Crippen LogP contribution < -0.4 is 10.6 Å². The van der Waals surface area contributed by atoms with Crippen molar-refractivity contribution >= 4 is 5.91 Å². The van der Waals surface area contributed by atoms with Crippen LogP contribution in [0.3, 0.4) is 0 Å². The second kappa shape index (κ2) is 2.73. The first-order valence-corrected chi connectivity index (χ1v) is 3.38. The van der Waals surface area contributed by atoms with Gasteiger partial charge in [0.2, 0.25) is 5.91 Å². The number of rotatable bonds is 1. The molecule has 2 N–H and O–H groups in total. The molecule has 1 unspecified atom stereocenters. The molecule has 0 aromatic carbocycles. The molecule has 64 valence electrons. The van der Waals surface area contributed by atoms with E-state index in [9.17, 15) is 13.6 Å². The number of amides is 1. The van der Waals surface area contributed by atoms with Crippen molar-refractivity contribution in [2.75, 3.05) is 13.1 Å². The Kier molecular flexibility index (Phi) is 2.08. The Labute approximate surface area is 63.2 Å². The normalized spacial score (nSPS) is 28.5. The summed E-state index contributed by atoms with van der Waals surface area (Å²) in [6.45, 7) is 1.03. The molecular weight excluding hydrogens is 154 g/mol. The molecular formula is C6H10F2N2O. The van der Waals surface area contributed by atoms with Crippen molar-refractivity contribution < 1.29 is 13.6 Å². The smallest absolute Gasteiger partial charge is 0.281 e. The Morgan fingerprint density at radius 2 is 2.36 bits per heavy atom. The molecule has 3 nitrogen and oxygen atoms in total. The van der Waals surface area contributed by atoms with Crippen LogP contribution in [0.4, 0.5) is 8.78 Å². The van der Waals surface area contributed by atoms with Gasteiger partial charge in [0.15, 0.2) is 0 Å². The highest BCUT2D eigenvalue weighted by Gasteiger charge is 2.44. The number of carbonyl (C=O) groups is 1. The van der Waals surface area contributed by atoms with Crippen LogP contribution in [-0.4, -0.2) is 31.0 Å². The fourth-order valence-corrected chi connectivity index (χ4v) is 1.06. The summed E-state index contributed by atoms with van der Waals surface area (Å²) < 4.78 is 25.4. The third kappa shape index (κ3) is 1.86. The molecule has 1 atom stereocenters. The van der Waals surface area contributed by atoms with Crippen LogP contribution in [0.15, 0.2) is 0 Å². The number of carbonyl (C=O) groups excluding carboxylic acids is 1. The topological polar surface area (TPSA) is 41.1 Å². The molecule has 1 rings (SSSR count). The lowest BCUT2D eigenvalue weighted by Gasteiger charge is -2.17. The maximum Gasteiger partial charge on any atom is 0.281 e. The molecule has 0 aromatic heterocycles. The van der Waals surface area contributed by atoms with Crippen LogP contribution in [0.2, 0.25) is 0 Å². The Hall–Kier alpha value is -0.710. The van der Waals surface area contributed by atoms with E-state index in [0.717, 1.165) is 0 Å². The van der Waals surface area contributed by atoms with Crippen molar-refractivity contribution in [1.29, 1.82) is 0 Å². The summed E-state index contributed by atoms with van der Waals surface area (Å²) in [6, 6.07) is -1.04. The molecule has 5 heteroatoms. The average molecular weight is 164 g/mol. The quantitative estimate of drug-likeness (QED) is 0.560. The lowest BCUT2D eigenvalue weighted by Crippen LogP contribution is -2.45. The summed E-state index contributed by atoms with van der Waals surface area (Å²) >= 11 is 0. The molecule has 1 aliphatic rings. The number of halogens is 2. The minimum atomic E-state index is -2.80. The fourth-order valence-electron chi connectivity index (χ4n) is 1.06. The zero-order chi connectivity index (χ0) is 8.48. The summed E-state index contributed by atoms with van der Waals surface area (Å²) in [6.07, 6.45) is 0. The van der Waals surface area contributed by atoms with Crippen LogP contribution in [-0.2, 0) is 4.79 Å². The molecule has 0 spiro atoms. The van der Waals surface area contributed by atoms with Gasteiger partial charge in [0, 0.05) is 13.5 Å². The number of hydrogen-bond donors (Lipinski definition) is 2.